The number of rotatable bonds is 10. The van der Waals surface area contributed by atoms with E-state index in [1.54, 1.807) is 37.3 Å². The van der Waals surface area contributed by atoms with Crippen LogP contribution in [0.1, 0.15) is 49.3 Å². The maximum atomic E-state index is 14.6. The predicted octanol–water partition coefficient (Wildman–Crippen LogP) is 7.06. The van der Waals surface area contributed by atoms with Gasteiger partial charge in [-0.2, -0.15) is 13.2 Å². The van der Waals surface area contributed by atoms with Gasteiger partial charge in [0.15, 0.2) is 5.82 Å². The lowest BCUT2D eigenvalue weighted by molar-refractivity contribution is -0.137. The number of carbonyl (C=O) groups is 2. The first kappa shape index (κ1) is 29.0. The standard InChI is InChI=1S/C27H28ClF4N3O3/c1-4-20(18(15-27(30,31)32)17-9-6-5-7-10-17)33-16(2)25(36)35(3)14-8-11-22-23-21(34-26(37)38-22)13-12-19(28)24(23)29/h4-7,9-10,12-13,18,22,33H,2,8,11,14-15H2,1,3H3,(H,34,37)/b20-4-. The third-order valence-electron chi connectivity index (χ3n) is 6.12. The fourth-order valence-corrected chi connectivity index (χ4v) is 4.44. The van der Waals surface area contributed by atoms with E-state index >= 15 is 0 Å². The first-order valence-electron chi connectivity index (χ1n) is 11.9. The van der Waals surface area contributed by atoms with Gasteiger partial charge in [-0.15, -0.1) is 0 Å². The highest BCUT2D eigenvalue weighted by Crippen LogP contribution is 2.38. The van der Waals surface area contributed by atoms with Gasteiger partial charge < -0.3 is 15.0 Å². The van der Waals surface area contributed by atoms with E-state index in [1.165, 1.54) is 30.2 Å². The molecule has 3 rings (SSSR count). The smallest absolute Gasteiger partial charge is 0.412 e. The van der Waals surface area contributed by atoms with E-state index in [0.717, 1.165) is 0 Å². The van der Waals surface area contributed by atoms with Crippen molar-refractivity contribution < 1.29 is 31.9 Å². The highest BCUT2D eigenvalue weighted by molar-refractivity contribution is 6.31. The third kappa shape index (κ3) is 7.28. The molecule has 38 heavy (non-hydrogen) atoms. The average Bonchev–Trinajstić information content (AvgIpc) is 2.87. The highest BCUT2D eigenvalue weighted by atomic mass is 35.5. The second-order valence-electron chi connectivity index (χ2n) is 8.84. The number of hydrogen-bond acceptors (Lipinski definition) is 4. The summed E-state index contributed by atoms with van der Waals surface area (Å²) < 4.78 is 59.9. The number of nitrogens with one attached hydrogen (secondary N) is 2. The van der Waals surface area contributed by atoms with Crippen LogP contribution in [-0.2, 0) is 9.53 Å². The Bertz CT molecular complexity index is 1220. The summed E-state index contributed by atoms with van der Waals surface area (Å²) in [6.45, 7) is 5.50. The third-order valence-corrected chi connectivity index (χ3v) is 6.42. The minimum Gasteiger partial charge on any atom is -0.441 e. The van der Waals surface area contributed by atoms with E-state index in [2.05, 4.69) is 17.2 Å². The number of allylic oxidation sites excluding steroid dienone is 2. The summed E-state index contributed by atoms with van der Waals surface area (Å²) in [5.74, 6) is -2.27. The van der Waals surface area contributed by atoms with Gasteiger partial charge in [-0.1, -0.05) is 54.6 Å². The molecule has 0 aromatic heterocycles. The zero-order valence-electron chi connectivity index (χ0n) is 20.9. The van der Waals surface area contributed by atoms with Crippen LogP contribution in [0.25, 0.3) is 0 Å². The van der Waals surface area contributed by atoms with Gasteiger partial charge in [-0.05, 0) is 37.5 Å². The number of fused-ring (bicyclic) bond motifs is 1. The maximum absolute atomic E-state index is 14.6. The molecule has 2 aromatic carbocycles. The highest BCUT2D eigenvalue weighted by Gasteiger charge is 2.35. The number of hydrogen-bond donors (Lipinski definition) is 2. The number of halogens is 5. The number of benzene rings is 2. The van der Waals surface area contributed by atoms with Gasteiger partial charge in [0.2, 0.25) is 0 Å². The minimum atomic E-state index is -4.43. The van der Waals surface area contributed by atoms with E-state index in [4.69, 9.17) is 16.3 Å². The molecule has 2 unspecified atom stereocenters. The van der Waals surface area contributed by atoms with Crippen molar-refractivity contribution in [3.63, 3.8) is 0 Å². The number of amides is 2. The molecular formula is C27H28ClF4N3O3. The molecule has 0 spiro atoms. The molecule has 2 N–H and O–H groups in total. The lowest BCUT2D eigenvalue weighted by Crippen LogP contribution is -2.35. The summed E-state index contributed by atoms with van der Waals surface area (Å²) >= 11 is 5.88. The number of likely N-dealkylation sites (N-methyl/N-ethyl adjacent to an activating group) is 1. The summed E-state index contributed by atoms with van der Waals surface area (Å²) in [6.07, 6.45) is -5.14. The molecule has 2 aromatic rings. The number of nitrogens with zero attached hydrogens (tertiary/aromatic N) is 1. The van der Waals surface area contributed by atoms with Crippen LogP contribution in [0.2, 0.25) is 5.02 Å². The summed E-state index contributed by atoms with van der Waals surface area (Å²) in [5.41, 5.74) is 0.946. The number of cyclic esters (lactones) is 1. The lowest BCUT2D eigenvalue weighted by atomic mass is 9.91. The van der Waals surface area contributed by atoms with Gasteiger partial charge in [-0.25, -0.2) is 9.18 Å². The lowest BCUT2D eigenvalue weighted by Gasteiger charge is -2.28. The van der Waals surface area contributed by atoms with Gasteiger partial charge >= 0.3 is 12.3 Å². The number of alkyl halides is 3. The van der Waals surface area contributed by atoms with Crippen molar-refractivity contribution in [1.82, 2.24) is 10.2 Å². The average molecular weight is 554 g/mol. The van der Waals surface area contributed by atoms with Crippen LogP contribution in [0.3, 0.4) is 0 Å². The van der Waals surface area contributed by atoms with Crippen LogP contribution < -0.4 is 10.6 Å². The van der Waals surface area contributed by atoms with Crippen molar-refractivity contribution in [3.8, 4) is 0 Å². The van der Waals surface area contributed by atoms with Crippen molar-refractivity contribution in [1.29, 1.82) is 0 Å². The van der Waals surface area contributed by atoms with Gasteiger partial charge in [0.1, 0.15) is 6.10 Å². The SMILES string of the molecule is C=C(N/C(=C\C)C(CC(F)(F)F)c1ccccc1)C(=O)N(C)CCCC1OC(=O)Nc2ccc(Cl)c(F)c21. The molecule has 6 nitrogen and oxygen atoms in total. The number of carbonyl (C=O) groups excluding carboxylic acids is 2. The second kappa shape index (κ2) is 12.3. The quantitative estimate of drug-likeness (QED) is 0.244. The summed E-state index contributed by atoms with van der Waals surface area (Å²) in [5, 5.41) is 5.09. The van der Waals surface area contributed by atoms with E-state index < -0.39 is 42.4 Å². The molecule has 11 heteroatoms. The van der Waals surface area contributed by atoms with Crippen LogP contribution in [-0.4, -0.2) is 36.7 Å². The van der Waals surface area contributed by atoms with E-state index in [1.807, 2.05) is 0 Å². The molecular weight excluding hydrogens is 526 g/mol. The van der Waals surface area contributed by atoms with Crippen molar-refractivity contribution >= 4 is 29.3 Å². The Morgan fingerprint density at radius 3 is 2.58 bits per heavy atom. The van der Waals surface area contributed by atoms with Crippen LogP contribution in [0.4, 0.5) is 28.0 Å². The van der Waals surface area contributed by atoms with Gasteiger partial charge in [0.05, 0.1) is 28.4 Å². The Morgan fingerprint density at radius 2 is 1.95 bits per heavy atom. The fraction of sp³-hybridized carbons (Fsp3) is 0.333. The van der Waals surface area contributed by atoms with E-state index in [-0.39, 0.29) is 40.6 Å². The van der Waals surface area contributed by atoms with E-state index in [0.29, 0.717) is 12.0 Å². The van der Waals surface area contributed by atoms with Crippen LogP contribution in [0.15, 0.2) is 66.5 Å². The maximum Gasteiger partial charge on any atom is 0.412 e. The molecule has 0 bridgehead atoms. The van der Waals surface area contributed by atoms with Crippen molar-refractivity contribution in [3.05, 3.63) is 88.5 Å². The molecule has 0 radical (unpaired) electrons. The number of ether oxygens (including phenoxy) is 1. The van der Waals surface area contributed by atoms with Crippen LogP contribution in [0.5, 0.6) is 0 Å². The molecule has 0 aliphatic carbocycles. The summed E-state index contributed by atoms with van der Waals surface area (Å²) in [7, 11) is 1.51. The largest absolute Gasteiger partial charge is 0.441 e. The molecule has 2 atom stereocenters. The number of anilines is 1. The first-order valence-corrected chi connectivity index (χ1v) is 12.2. The van der Waals surface area contributed by atoms with Crippen LogP contribution in [0, 0.1) is 5.82 Å². The molecule has 2 amide bonds. The molecule has 1 aliphatic heterocycles. The molecule has 204 valence electrons. The van der Waals surface area contributed by atoms with Gasteiger partial charge in [-0.3, -0.25) is 10.1 Å². The molecule has 1 heterocycles. The zero-order chi connectivity index (χ0) is 28.0. The predicted molar refractivity (Wildman–Crippen MR) is 137 cm³/mol. The second-order valence-corrected chi connectivity index (χ2v) is 9.25. The Balaban J connectivity index is 1.63. The molecule has 0 fully saturated rings. The molecule has 1 aliphatic rings. The van der Waals surface area contributed by atoms with Crippen molar-refractivity contribution in [2.75, 3.05) is 18.9 Å². The Morgan fingerprint density at radius 1 is 1.26 bits per heavy atom. The Hall–Kier alpha value is -3.53. The van der Waals surface area contributed by atoms with Crippen molar-refractivity contribution in [2.45, 2.75) is 44.4 Å². The minimum absolute atomic E-state index is 0.0971. The fourth-order valence-electron chi connectivity index (χ4n) is 4.28. The summed E-state index contributed by atoms with van der Waals surface area (Å²) in [6, 6.07) is 11.0. The van der Waals surface area contributed by atoms with Gasteiger partial charge in [0.25, 0.3) is 5.91 Å². The van der Waals surface area contributed by atoms with E-state index in [9.17, 15) is 27.2 Å². The van der Waals surface area contributed by atoms with Crippen molar-refractivity contribution in [2.24, 2.45) is 0 Å². The van der Waals surface area contributed by atoms with Crippen LogP contribution >= 0.6 is 11.6 Å². The topological polar surface area (TPSA) is 70.7 Å². The normalized spacial score (nSPS) is 16.1. The Kier molecular flexibility index (Phi) is 9.43. The monoisotopic (exact) mass is 553 g/mol. The zero-order valence-corrected chi connectivity index (χ0v) is 21.6. The summed E-state index contributed by atoms with van der Waals surface area (Å²) in [4.78, 5) is 26.1. The molecule has 0 saturated carbocycles. The van der Waals surface area contributed by atoms with Gasteiger partial charge in [0, 0.05) is 25.2 Å². The molecule has 0 saturated heterocycles. The first-order chi connectivity index (χ1) is 17.9. The Labute approximate surface area is 223 Å².